The zero-order valence-electron chi connectivity index (χ0n) is 10.3. The van der Waals surface area contributed by atoms with Crippen LogP contribution in [0, 0.1) is 0 Å². The highest BCUT2D eigenvalue weighted by Crippen LogP contribution is 2.24. The fourth-order valence-electron chi connectivity index (χ4n) is 1.26. The molecule has 0 fully saturated rings. The molecule has 0 saturated carbocycles. The average molecular weight is 274 g/mol. The van der Waals surface area contributed by atoms with E-state index in [0.717, 1.165) is 0 Å². The molecule has 6 nitrogen and oxygen atoms in total. The minimum absolute atomic E-state index is 0.102. The quantitative estimate of drug-likeness (QED) is 0.716. The fraction of sp³-hybridized carbons (Fsp3) is 0.455. The van der Waals surface area contributed by atoms with Gasteiger partial charge in [-0.25, -0.2) is 8.42 Å². The van der Waals surface area contributed by atoms with Crippen molar-refractivity contribution < 1.29 is 17.9 Å². The van der Waals surface area contributed by atoms with Gasteiger partial charge < -0.3 is 15.2 Å². The summed E-state index contributed by atoms with van der Waals surface area (Å²) in [5, 5.41) is 0. The molecule has 0 unspecified atom stereocenters. The first-order chi connectivity index (χ1) is 8.59. The summed E-state index contributed by atoms with van der Waals surface area (Å²) in [6.45, 7) is 0.836. The molecule has 7 heteroatoms. The minimum atomic E-state index is -3.43. The number of nitrogens with one attached hydrogen (secondary N) is 1. The van der Waals surface area contributed by atoms with E-state index in [9.17, 15) is 8.42 Å². The molecular weight excluding hydrogens is 256 g/mol. The van der Waals surface area contributed by atoms with Crippen molar-refractivity contribution in [1.82, 2.24) is 0 Å². The molecule has 0 radical (unpaired) electrons. The summed E-state index contributed by atoms with van der Waals surface area (Å²) in [4.78, 5) is 0. The molecule has 1 aromatic rings. The maximum atomic E-state index is 11.7. The van der Waals surface area contributed by atoms with E-state index in [0.29, 0.717) is 24.6 Å². The number of methoxy groups -OCH3 is 1. The Morgan fingerprint density at radius 2 is 2.00 bits per heavy atom. The standard InChI is InChI=1S/C11H18N2O4S/c1-16-8-9-18(14,15)13-10-4-2-3-5-11(10)17-7-6-12/h2-5,13H,6-9,12H2,1H3. The Balaban J connectivity index is 2.77. The summed E-state index contributed by atoms with van der Waals surface area (Å²) in [6, 6.07) is 6.81. The van der Waals surface area contributed by atoms with Crippen LogP contribution in [-0.4, -0.2) is 41.0 Å². The molecule has 3 N–H and O–H groups in total. The van der Waals surface area contributed by atoms with Crippen LogP contribution in [-0.2, 0) is 14.8 Å². The molecule has 0 aliphatic rings. The number of para-hydroxylation sites is 2. The van der Waals surface area contributed by atoms with Gasteiger partial charge in [0.05, 0.1) is 18.0 Å². The van der Waals surface area contributed by atoms with E-state index < -0.39 is 10.0 Å². The highest BCUT2D eigenvalue weighted by atomic mass is 32.2. The Morgan fingerprint density at radius 1 is 1.28 bits per heavy atom. The predicted molar refractivity (Wildman–Crippen MR) is 70.3 cm³/mol. The number of sulfonamides is 1. The van der Waals surface area contributed by atoms with Gasteiger partial charge in [0.2, 0.25) is 10.0 Å². The third-order valence-corrected chi connectivity index (χ3v) is 3.32. The third kappa shape index (κ3) is 4.91. The summed E-state index contributed by atoms with van der Waals surface area (Å²) < 4.78 is 36.0. The lowest BCUT2D eigenvalue weighted by Gasteiger charge is -2.12. The lowest BCUT2D eigenvalue weighted by Crippen LogP contribution is -2.20. The van der Waals surface area contributed by atoms with Gasteiger partial charge in [0.25, 0.3) is 0 Å². The number of hydrogen-bond donors (Lipinski definition) is 2. The van der Waals surface area contributed by atoms with Gasteiger partial charge in [-0.05, 0) is 12.1 Å². The van der Waals surface area contributed by atoms with Crippen LogP contribution < -0.4 is 15.2 Å². The molecule has 0 aliphatic heterocycles. The van der Waals surface area contributed by atoms with Crippen molar-refractivity contribution in [2.45, 2.75) is 0 Å². The van der Waals surface area contributed by atoms with Gasteiger partial charge in [-0.15, -0.1) is 0 Å². The van der Waals surface area contributed by atoms with Crippen LogP contribution in [0.25, 0.3) is 0 Å². The highest BCUT2D eigenvalue weighted by molar-refractivity contribution is 7.92. The fourth-order valence-corrected chi connectivity index (χ4v) is 2.25. The molecule has 0 aliphatic carbocycles. The molecule has 0 heterocycles. The zero-order chi connectivity index (χ0) is 13.4. The normalized spacial score (nSPS) is 11.2. The second-order valence-corrected chi connectivity index (χ2v) is 5.39. The maximum absolute atomic E-state index is 11.7. The largest absolute Gasteiger partial charge is 0.490 e. The molecule has 0 saturated heterocycles. The smallest absolute Gasteiger partial charge is 0.235 e. The zero-order valence-corrected chi connectivity index (χ0v) is 11.1. The van der Waals surface area contributed by atoms with E-state index in [4.69, 9.17) is 15.2 Å². The lowest BCUT2D eigenvalue weighted by atomic mass is 10.3. The SMILES string of the molecule is COCCS(=O)(=O)Nc1ccccc1OCCN. The van der Waals surface area contributed by atoms with Gasteiger partial charge in [0.15, 0.2) is 0 Å². The Bertz CT molecular complexity index is 462. The van der Waals surface area contributed by atoms with Crippen LogP contribution in [0.4, 0.5) is 5.69 Å². The van der Waals surface area contributed by atoms with Crippen LogP contribution in [0.5, 0.6) is 5.75 Å². The molecule has 18 heavy (non-hydrogen) atoms. The summed E-state index contributed by atoms with van der Waals surface area (Å²) in [5.41, 5.74) is 5.74. The van der Waals surface area contributed by atoms with Crippen molar-refractivity contribution in [3.8, 4) is 5.75 Å². The molecule has 0 aromatic heterocycles. The molecule has 102 valence electrons. The summed E-state index contributed by atoms with van der Waals surface area (Å²) in [6.07, 6.45) is 0. The predicted octanol–water partition coefficient (Wildman–Crippen LogP) is 0.412. The van der Waals surface area contributed by atoms with Gasteiger partial charge in [-0.1, -0.05) is 12.1 Å². The highest BCUT2D eigenvalue weighted by Gasteiger charge is 2.12. The molecular formula is C11H18N2O4S. The molecule has 1 aromatic carbocycles. The van der Waals surface area contributed by atoms with Crippen molar-refractivity contribution in [1.29, 1.82) is 0 Å². The third-order valence-electron chi connectivity index (χ3n) is 2.08. The number of ether oxygens (including phenoxy) is 2. The van der Waals surface area contributed by atoms with Crippen LogP contribution >= 0.6 is 0 Å². The van der Waals surface area contributed by atoms with Gasteiger partial charge in [-0.2, -0.15) is 0 Å². The number of nitrogens with two attached hydrogens (primary N) is 1. The van der Waals surface area contributed by atoms with E-state index in [1.54, 1.807) is 24.3 Å². The summed E-state index contributed by atoms with van der Waals surface area (Å²) in [5.74, 6) is 0.360. The Hall–Kier alpha value is -1.31. The van der Waals surface area contributed by atoms with Gasteiger partial charge in [0, 0.05) is 13.7 Å². The van der Waals surface area contributed by atoms with Gasteiger partial charge >= 0.3 is 0 Å². The van der Waals surface area contributed by atoms with E-state index in [2.05, 4.69) is 4.72 Å². The lowest BCUT2D eigenvalue weighted by molar-refractivity contribution is 0.217. The molecule has 0 spiro atoms. The van der Waals surface area contributed by atoms with E-state index in [1.807, 2.05) is 0 Å². The van der Waals surface area contributed by atoms with E-state index in [-0.39, 0.29) is 12.4 Å². The van der Waals surface area contributed by atoms with E-state index >= 15 is 0 Å². The van der Waals surface area contributed by atoms with Crippen molar-refractivity contribution in [2.75, 3.05) is 37.3 Å². The second-order valence-electron chi connectivity index (χ2n) is 3.55. The molecule has 0 amide bonds. The number of anilines is 1. The van der Waals surface area contributed by atoms with Gasteiger partial charge in [0.1, 0.15) is 12.4 Å². The molecule has 1 rings (SSSR count). The van der Waals surface area contributed by atoms with Crippen molar-refractivity contribution in [2.24, 2.45) is 5.73 Å². The topological polar surface area (TPSA) is 90.7 Å². The second kappa shape index (κ2) is 7.20. The first-order valence-electron chi connectivity index (χ1n) is 5.50. The Kier molecular flexibility index (Phi) is 5.90. The van der Waals surface area contributed by atoms with Crippen molar-refractivity contribution in [3.05, 3.63) is 24.3 Å². The molecule has 0 bridgehead atoms. The van der Waals surface area contributed by atoms with Crippen LogP contribution in [0.3, 0.4) is 0 Å². The average Bonchev–Trinajstić information content (AvgIpc) is 2.35. The summed E-state index contributed by atoms with van der Waals surface area (Å²) in [7, 11) is -1.98. The first-order valence-corrected chi connectivity index (χ1v) is 7.15. The van der Waals surface area contributed by atoms with Crippen LogP contribution in [0.2, 0.25) is 0 Å². The minimum Gasteiger partial charge on any atom is -0.490 e. The molecule has 0 atom stereocenters. The first kappa shape index (κ1) is 14.7. The Labute approximate surface area is 107 Å². The Morgan fingerprint density at radius 3 is 2.67 bits per heavy atom. The number of hydrogen-bond acceptors (Lipinski definition) is 5. The maximum Gasteiger partial charge on any atom is 0.235 e. The monoisotopic (exact) mass is 274 g/mol. The summed E-state index contributed by atoms with van der Waals surface area (Å²) >= 11 is 0. The van der Waals surface area contributed by atoms with Gasteiger partial charge in [-0.3, -0.25) is 4.72 Å². The van der Waals surface area contributed by atoms with Crippen LogP contribution in [0.15, 0.2) is 24.3 Å². The number of rotatable bonds is 8. The van der Waals surface area contributed by atoms with E-state index in [1.165, 1.54) is 7.11 Å². The van der Waals surface area contributed by atoms with Crippen molar-refractivity contribution >= 4 is 15.7 Å². The number of benzene rings is 1. The van der Waals surface area contributed by atoms with Crippen molar-refractivity contribution in [3.63, 3.8) is 0 Å². The van der Waals surface area contributed by atoms with Crippen LogP contribution in [0.1, 0.15) is 0 Å².